The van der Waals surface area contributed by atoms with Gasteiger partial charge in [0.15, 0.2) is 6.61 Å². The largest absolute Gasteiger partial charge is 0.452 e. The van der Waals surface area contributed by atoms with Crippen LogP contribution in [0.2, 0.25) is 10.0 Å². The third-order valence-corrected chi connectivity index (χ3v) is 4.85. The van der Waals surface area contributed by atoms with Crippen LogP contribution in [0.5, 0.6) is 0 Å². The normalized spacial score (nSPS) is 10.7. The van der Waals surface area contributed by atoms with E-state index in [4.69, 9.17) is 27.9 Å². The average Bonchev–Trinajstić information content (AvgIpc) is 3.18. The second-order valence-electron chi connectivity index (χ2n) is 6.43. The summed E-state index contributed by atoms with van der Waals surface area (Å²) in [6, 6.07) is 19.3. The number of rotatable bonds is 5. The number of esters is 1. The van der Waals surface area contributed by atoms with Crippen molar-refractivity contribution in [3.63, 3.8) is 0 Å². The summed E-state index contributed by atoms with van der Waals surface area (Å²) in [4.78, 5) is 32.1. The highest BCUT2D eigenvalue weighted by atomic mass is 35.5. The number of hydrogen-bond acceptors (Lipinski definition) is 4. The first-order chi connectivity index (χ1) is 14.5. The standard InChI is InChI=1S/C22H15Cl2N3O3/c23-15-7-9-17(16(24)11-15)25-20(28)12-30-22(29)14-6-8-18-19(10-14)27-21(26-18)13-4-2-1-3-5-13/h1-11H,12H2,(H,25,28)(H,26,27). The fourth-order valence-corrected chi connectivity index (χ4v) is 3.32. The molecule has 4 aromatic rings. The van der Waals surface area contributed by atoms with Gasteiger partial charge in [-0.2, -0.15) is 0 Å². The van der Waals surface area contributed by atoms with Crippen molar-refractivity contribution in [1.29, 1.82) is 0 Å². The van der Waals surface area contributed by atoms with Crippen LogP contribution < -0.4 is 5.32 Å². The number of anilines is 1. The Morgan fingerprint density at radius 2 is 1.80 bits per heavy atom. The summed E-state index contributed by atoms with van der Waals surface area (Å²) in [7, 11) is 0. The van der Waals surface area contributed by atoms with Crippen LogP contribution in [0, 0.1) is 0 Å². The van der Waals surface area contributed by atoms with Gasteiger partial charge >= 0.3 is 5.97 Å². The second kappa shape index (κ2) is 8.57. The van der Waals surface area contributed by atoms with E-state index < -0.39 is 18.5 Å². The lowest BCUT2D eigenvalue weighted by Gasteiger charge is -2.08. The molecule has 0 fully saturated rings. The van der Waals surface area contributed by atoms with Crippen molar-refractivity contribution in [1.82, 2.24) is 9.97 Å². The molecule has 0 aliphatic rings. The van der Waals surface area contributed by atoms with Crippen LogP contribution in [0.1, 0.15) is 10.4 Å². The summed E-state index contributed by atoms with van der Waals surface area (Å²) in [6.07, 6.45) is 0. The van der Waals surface area contributed by atoms with Crippen molar-refractivity contribution in [2.75, 3.05) is 11.9 Å². The molecule has 1 amide bonds. The third-order valence-electron chi connectivity index (χ3n) is 4.30. The minimum absolute atomic E-state index is 0.293. The fraction of sp³-hybridized carbons (Fsp3) is 0.0455. The van der Waals surface area contributed by atoms with Crippen molar-refractivity contribution < 1.29 is 14.3 Å². The first-order valence-electron chi connectivity index (χ1n) is 8.97. The van der Waals surface area contributed by atoms with Crippen LogP contribution in [0.25, 0.3) is 22.4 Å². The summed E-state index contributed by atoms with van der Waals surface area (Å²) in [5.41, 5.74) is 3.05. The topological polar surface area (TPSA) is 84.1 Å². The highest BCUT2D eigenvalue weighted by Crippen LogP contribution is 2.25. The lowest BCUT2D eigenvalue weighted by Crippen LogP contribution is -2.21. The zero-order valence-corrected chi connectivity index (χ0v) is 17.0. The molecule has 3 aromatic carbocycles. The monoisotopic (exact) mass is 439 g/mol. The van der Waals surface area contributed by atoms with E-state index >= 15 is 0 Å². The number of aromatic amines is 1. The fourth-order valence-electron chi connectivity index (χ4n) is 2.86. The van der Waals surface area contributed by atoms with Gasteiger partial charge in [0.1, 0.15) is 5.82 Å². The summed E-state index contributed by atoms with van der Waals surface area (Å²) in [5, 5.41) is 3.32. The number of nitrogens with one attached hydrogen (secondary N) is 2. The summed E-state index contributed by atoms with van der Waals surface area (Å²) >= 11 is 11.8. The van der Waals surface area contributed by atoms with Crippen molar-refractivity contribution in [2.24, 2.45) is 0 Å². The predicted molar refractivity (Wildman–Crippen MR) is 117 cm³/mol. The maximum absolute atomic E-state index is 12.4. The molecule has 0 aliphatic carbocycles. The van der Waals surface area contributed by atoms with E-state index in [2.05, 4.69) is 15.3 Å². The van der Waals surface area contributed by atoms with E-state index in [9.17, 15) is 9.59 Å². The van der Waals surface area contributed by atoms with E-state index in [0.29, 0.717) is 32.6 Å². The zero-order valence-electron chi connectivity index (χ0n) is 15.5. The molecule has 8 heteroatoms. The minimum atomic E-state index is -0.620. The van der Waals surface area contributed by atoms with Crippen LogP contribution in [0.4, 0.5) is 5.69 Å². The van der Waals surface area contributed by atoms with Crippen LogP contribution >= 0.6 is 23.2 Å². The van der Waals surface area contributed by atoms with Crippen molar-refractivity contribution >= 4 is 51.8 Å². The first kappa shape index (κ1) is 19.9. The van der Waals surface area contributed by atoms with E-state index in [1.54, 1.807) is 30.3 Å². The lowest BCUT2D eigenvalue weighted by atomic mass is 10.2. The van der Waals surface area contributed by atoms with E-state index in [1.807, 2.05) is 30.3 Å². The number of nitrogens with zero attached hydrogens (tertiary/aromatic N) is 1. The number of aromatic nitrogens is 2. The Labute approximate surface area is 181 Å². The number of imidazole rings is 1. The molecule has 6 nitrogen and oxygen atoms in total. The molecule has 4 rings (SSSR count). The number of fused-ring (bicyclic) bond motifs is 1. The van der Waals surface area contributed by atoms with Crippen LogP contribution in [-0.4, -0.2) is 28.5 Å². The number of halogens is 2. The predicted octanol–water partition coefficient (Wildman–Crippen LogP) is 5.33. The third kappa shape index (κ3) is 4.45. The maximum Gasteiger partial charge on any atom is 0.338 e. The molecule has 0 spiro atoms. The molecule has 0 saturated heterocycles. The Bertz CT molecular complexity index is 1240. The molecule has 0 unspecified atom stereocenters. The van der Waals surface area contributed by atoms with Crippen molar-refractivity contribution in [3.05, 3.63) is 82.3 Å². The molecule has 1 aromatic heterocycles. The molecule has 0 radical (unpaired) electrons. The van der Waals surface area contributed by atoms with E-state index in [1.165, 1.54) is 6.07 Å². The maximum atomic E-state index is 12.4. The van der Waals surface area contributed by atoms with Crippen LogP contribution in [0.3, 0.4) is 0 Å². The van der Waals surface area contributed by atoms with Crippen LogP contribution in [-0.2, 0) is 9.53 Å². The van der Waals surface area contributed by atoms with Gasteiger partial charge in [0.2, 0.25) is 0 Å². The van der Waals surface area contributed by atoms with Gasteiger partial charge in [-0.15, -0.1) is 0 Å². The van der Waals surface area contributed by atoms with E-state index in [-0.39, 0.29) is 0 Å². The highest BCUT2D eigenvalue weighted by molar-refractivity contribution is 6.36. The highest BCUT2D eigenvalue weighted by Gasteiger charge is 2.14. The number of hydrogen-bond donors (Lipinski definition) is 2. The van der Waals surface area contributed by atoms with Crippen molar-refractivity contribution in [3.8, 4) is 11.4 Å². The van der Waals surface area contributed by atoms with Gasteiger partial charge in [-0.05, 0) is 36.4 Å². The Morgan fingerprint density at radius 1 is 1.00 bits per heavy atom. The lowest BCUT2D eigenvalue weighted by molar-refractivity contribution is -0.119. The number of H-pyrrole nitrogens is 1. The van der Waals surface area contributed by atoms with Gasteiger partial charge in [-0.25, -0.2) is 9.78 Å². The second-order valence-corrected chi connectivity index (χ2v) is 7.28. The molecule has 2 N–H and O–H groups in total. The van der Waals surface area contributed by atoms with Gasteiger partial charge in [-0.3, -0.25) is 4.79 Å². The molecule has 150 valence electrons. The zero-order chi connectivity index (χ0) is 21.1. The Balaban J connectivity index is 1.42. The Kier molecular flexibility index (Phi) is 5.70. The van der Waals surface area contributed by atoms with Gasteiger partial charge < -0.3 is 15.0 Å². The molecule has 30 heavy (non-hydrogen) atoms. The number of amides is 1. The van der Waals surface area contributed by atoms with E-state index in [0.717, 1.165) is 11.1 Å². The SMILES string of the molecule is O=C(COC(=O)c1ccc2nc(-c3ccccc3)[nH]c2c1)Nc1ccc(Cl)cc1Cl. The van der Waals surface area contributed by atoms with Crippen LogP contribution in [0.15, 0.2) is 66.7 Å². The molecule has 1 heterocycles. The van der Waals surface area contributed by atoms with Gasteiger partial charge in [-0.1, -0.05) is 53.5 Å². The Morgan fingerprint density at radius 3 is 2.57 bits per heavy atom. The molecule has 0 atom stereocenters. The minimum Gasteiger partial charge on any atom is -0.452 e. The smallest absolute Gasteiger partial charge is 0.338 e. The molecule has 0 bridgehead atoms. The molecule has 0 aliphatic heterocycles. The summed E-state index contributed by atoms with van der Waals surface area (Å²) in [6.45, 7) is -0.450. The quantitative estimate of drug-likeness (QED) is 0.411. The number of ether oxygens (including phenoxy) is 1. The Hall–Kier alpha value is -3.35. The van der Waals surface area contributed by atoms with Gasteiger partial charge in [0, 0.05) is 10.6 Å². The van der Waals surface area contributed by atoms with Crippen molar-refractivity contribution in [2.45, 2.75) is 0 Å². The molecular formula is C22H15Cl2N3O3. The number of benzene rings is 3. The first-order valence-corrected chi connectivity index (χ1v) is 9.72. The number of carbonyl (C=O) groups excluding carboxylic acids is 2. The summed E-state index contributed by atoms with van der Waals surface area (Å²) in [5.74, 6) is -0.429. The number of carbonyl (C=O) groups is 2. The van der Waals surface area contributed by atoms with Gasteiger partial charge in [0.05, 0.1) is 27.3 Å². The molecule has 0 saturated carbocycles. The summed E-state index contributed by atoms with van der Waals surface area (Å²) < 4.78 is 5.11. The van der Waals surface area contributed by atoms with Gasteiger partial charge in [0.25, 0.3) is 5.91 Å². The average molecular weight is 440 g/mol. The molecular weight excluding hydrogens is 425 g/mol.